The summed E-state index contributed by atoms with van der Waals surface area (Å²) in [4.78, 5) is 36.0. The van der Waals surface area contributed by atoms with Crippen LogP contribution in [0.5, 0.6) is 0 Å². The van der Waals surface area contributed by atoms with Crippen molar-refractivity contribution < 1.29 is 19.1 Å². The van der Waals surface area contributed by atoms with Crippen molar-refractivity contribution in [2.45, 2.75) is 65.9 Å². The van der Waals surface area contributed by atoms with Gasteiger partial charge in [-0.15, -0.1) is 0 Å². The van der Waals surface area contributed by atoms with E-state index in [0.29, 0.717) is 24.2 Å². The van der Waals surface area contributed by atoms with Crippen LogP contribution in [-0.2, 0) is 19.1 Å². The number of carbonyl (C=O) groups excluding carboxylic acids is 3. The van der Waals surface area contributed by atoms with Gasteiger partial charge in [0.15, 0.2) is 5.78 Å². The van der Waals surface area contributed by atoms with Gasteiger partial charge in [-0.2, -0.15) is 0 Å². The molecule has 22 heavy (non-hydrogen) atoms. The molecule has 4 nitrogen and oxygen atoms in total. The number of Topliss-reactive ketones (excluding diaryl/α,β-unsaturated/α-hetero) is 2. The lowest BCUT2D eigenvalue weighted by Gasteiger charge is -2.38. The molecule has 0 N–H and O–H groups in total. The Morgan fingerprint density at radius 2 is 1.86 bits per heavy atom. The van der Waals surface area contributed by atoms with Crippen molar-refractivity contribution in [1.82, 2.24) is 0 Å². The van der Waals surface area contributed by atoms with Gasteiger partial charge in [0.05, 0.1) is 6.42 Å². The van der Waals surface area contributed by atoms with Crippen LogP contribution in [0.25, 0.3) is 0 Å². The van der Waals surface area contributed by atoms with Crippen LogP contribution in [0, 0.1) is 29.6 Å². The van der Waals surface area contributed by atoms with Crippen LogP contribution in [-0.4, -0.2) is 23.6 Å². The molecule has 124 valence electrons. The van der Waals surface area contributed by atoms with Gasteiger partial charge in [0, 0.05) is 6.42 Å². The van der Waals surface area contributed by atoms with Crippen molar-refractivity contribution in [3.05, 3.63) is 0 Å². The Kier molecular flexibility index (Phi) is 5.41. The van der Waals surface area contributed by atoms with Crippen LogP contribution < -0.4 is 0 Å². The Labute approximate surface area is 133 Å². The number of hydrogen-bond acceptors (Lipinski definition) is 4. The van der Waals surface area contributed by atoms with Gasteiger partial charge in [-0.25, -0.2) is 0 Å². The van der Waals surface area contributed by atoms with E-state index >= 15 is 0 Å². The molecule has 0 aromatic rings. The predicted molar refractivity (Wildman–Crippen MR) is 83.1 cm³/mol. The molecule has 0 spiro atoms. The normalized spacial score (nSPS) is 36.5. The number of rotatable bonds is 3. The summed E-state index contributed by atoms with van der Waals surface area (Å²) in [6.45, 7) is 8.30. The minimum absolute atomic E-state index is 0.0621. The van der Waals surface area contributed by atoms with Crippen molar-refractivity contribution >= 4 is 17.5 Å². The first-order valence-corrected chi connectivity index (χ1v) is 8.54. The first-order valence-electron chi connectivity index (χ1n) is 8.54. The lowest BCUT2D eigenvalue weighted by molar-refractivity contribution is -0.166. The average Bonchev–Trinajstić information content (AvgIpc) is 2.36. The molecule has 0 saturated heterocycles. The Bertz CT molecular complexity index is 454. The van der Waals surface area contributed by atoms with E-state index in [1.165, 1.54) is 6.42 Å². The molecule has 5 atom stereocenters. The highest BCUT2D eigenvalue weighted by Crippen LogP contribution is 2.36. The monoisotopic (exact) mass is 308 g/mol. The van der Waals surface area contributed by atoms with E-state index in [4.69, 9.17) is 4.74 Å². The van der Waals surface area contributed by atoms with Gasteiger partial charge >= 0.3 is 5.97 Å². The van der Waals surface area contributed by atoms with Crippen LogP contribution in [0.1, 0.15) is 59.8 Å². The molecule has 2 aliphatic rings. The number of esters is 1. The summed E-state index contributed by atoms with van der Waals surface area (Å²) in [5.41, 5.74) is 0. The number of ketones is 2. The van der Waals surface area contributed by atoms with E-state index in [0.717, 1.165) is 12.8 Å². The fourth-order valence-corrected chi connectivity index (χ4v) is 4.01. The van der Waals surface area contributed by atoms with Gasteiger partial charge in [-0.1, -0.05) is 34.1 Å². The van der Waals surface area contributed by atoms with Crippen molar-refractivity contribution in [1.29, 1.82) is 0 Å². The average molecular weight is 308 g/mol. The van der Waals surface area contributed by atoms with Crippen LogP contribution in [0.2, 0.25) is 0 Å². The molecule has 2 fully saturated rings. The minimum Gasteiger partial charge on any atom is -0.462 e. The van der Waals surface area contributed by atoms with Crippen LogP contribution in [0.3, 0.4) is 0 Å². The summed E-state index contributed by atoms with van der Waals surface area (Å²) >= 11 is 0. The summed E-state index contributed by atoms with van der Waals surface area (Å²) in [7, 11) is 0. The topological polar surface area (TPSA) is 60.4 Å². The predicted octanol–water partition coefficient (Wildman–Crippen LogP) is 3.17. The zero-order valence-corrected chi connectivity index (χ0v) is 14.1. The maximum atomic E-state index is 12.5. The van der Waals surface area contributed by atoms with Crippen molar-refractivity contribution in [2.24, 2.45) is 29.6 Å². The van der Waals surface area contributed by atoms with E-state index in [9.17, 15) is 14.4 Å². The molecule has 0 aromatic heterocycles. The van der Waals surface area contributed by atoms with Crippen molar-refractivity contribution in [2.75, 3.05) is 0 Å². The molecule has 0 bridgehead atoms. The highest BCUT2D eigenvalue weighted by molar-refractivity contribution is 6.10. The van der Waals surface area contributed by atoms with E-state index in [1.807, 2.05) is 0 Å². The first kappa shape index (κ1) is 17.2. The first-order chi connectivity index (χ1) is 10.3. The molecule has 2 aliphatic carbocycles. The molecule has 0 aromatic carbocycles. The standard InChI is InChI=1S/C18H28O4/c1-10(2)14-6-5-11(3)7-16(14)22-18(21)17-12(4)8-13(19)9-15(17)20/h10-12,14,16-17H,5-9H2,1-4H3/t11?,12-,14-,16+,17+/m0/s1. The maximum absolute atomic E-state index is 12.5. The van der Waals surface area contributed by atoms with Gasteiger partial charge in [-0.3, -0.25) is 14.4 Å². The minimum atomic E-state index is -0.747. The molecule has 0 amide bonds. The molecule has 2 rings (SSSR count). The highest BCUT2D eigenvalue weighted by Gasteiger charge is 2.42. The van der Waals surface area contributed by atoms with E-state index in [1.54, 1.807) is 6.92 Å². The Morgan fingerprint density at radius 3 is 2.45 bits per heavy atom. The van der Waals surface area contributed by atoms with Gasteiger partial charge in [-0.05, 0) is 36.5 Å². The molecule has 0 heterocycles. The third-order valence-corrected chi connectivity index (χ3v) is 5.32. The Hall–Kier alpha value is -1.19. The largest absolute Gasteiger partial charge is 0.462 e. The van der Waals surface area contributed by atoms with E-state index in [-0.39, 0.29) is 30.0 Å². The molecule has 1 unspecified atom stereocenters. The number of carbonyl (C=O) groups is 3. The van der Waals surface area contributed by atoms with Gasteiger partial charge in [0.25, 0.3) is 0 Å². The SMILES string of the molecule is CC1CC[C@@H](C(C)C)[C@H](OC(=O)[C@H]2C(=O)CC(=O)C[C@@H]2C)C1. The van der Waals surface area contributed by atoms with Crippen molar-refractivity contribution in [3.8, 4) is 0 Å². The van der Waals surface area contributed by atoms with Gasteiger partial charge in [0.2, 0.25) is 0 Å². The fourth-order valence-electron chi connectivity index (χ4n) is 4.01. The maximum Gasteiger partial charge on any atom is 0.317 e. The quantitative estimate of drug-likeness (QED) is 0.593. The van der Waals surface area contributed by atoms with Gasteiger partial charge in [0.1, 0.15) is 17.8 Å². The second kappa shape index (κ2) is 6.93. The third-order valence-electron chi connectivity index (χ3n) is 5.32. The molecule has 0 radical (unpaired) electrons. The van der Waals surface area contributed by atoms with Crippen LogP contribution in [0.4, 0.5) is 0 Å². The van der Waals surface area contributed by atoms with Crippen LogP contribution >= 0.6 is 0 Å². The highest BCUT2D eigenvalue weighted by atomic mass is 16.5. The van der Waals surface area contributed by atoms with E-state index in [2.05, 4.69) is 20.8 Å². The zero-order chi connectivity index (χ0) is 16.4. The number of hydrogen-bond donors (Lipinski definition) is 0. The smallest absolute Gasteiger partial charge is 0.317 e. The van der Waals surface area contributed by atoms with Crippen molar-refractivity contribution in [3.63, 3.8) is 0 Å². The third kappa shape index (κ3) is 3.76. The fraction of sp³-hybridized carbons (Fsp3) is 0.833. The molecule has 0 aliphatic heterocycles. The summed E-state index contributed by atoms with van der Waals surface area (Å²) in [5, 5.41) is 0. The lowest BCUT2D eigenvalue weighted by Crippen LogP contribution is -2.42. The molecular weight excluding hydrogens is 280 g/mol. The van der Waals surface area contributed by atoms with Crippen LogP contribution in [0.15, 0.2) is 0 Å². The number of ether oxygens (including phenoxy) is 1. The Balaban J connectivity index is 2.05. The summed E-state index contributed by atoms with van der Waals surface area (Å²) in [6.07, 6.45) is 3.23. The van der Waals surface area contributed by atoms with E-state index < -0.39 is 11.9 Å². The second-order valence-corrected chi connectivity index (χ2v) is 7.64. The molecule has 4 heteroatoms. The zero-order valence-electron chi connectivity index (χ0n) is 14.1. The lowest BCUT2D eigenvalue weighted by atomic mass is 9.75. The van der Waals surface area contributed by atoms with Gasteiger partial charge < -0.3 is 4.74 Å². The Morgan fingerprint density at radius 1 is 1.18 bits per heavy atom. The summed E-state index contributed by atoms with van der Waals surface area (Å²) in [6, 6.07) is 0. The second-order valence-electron chi connectivity index (χ2n) is 7.64. The summed E-state index contributed by atoms with van der Waals surface area (Å²) < 4.78 is 5.78. The molecule has 2 saturated carbocycles. The molecular formula is C18H28O4. The summed E-state index contributed by atoms with van der Waals surface area (Å²) in [5.74, 6) is -0.333.